The highest BCUT2D eigenvalue weighted by atomic mass is 16.5. The summed E-state index contributed by atoms with van der Waals surface area (Å²) in [6.45, 7) is 5.01. The highest BCUT2D eigenvalue weighted by molar-refractivity contribution is 5.76. The summed E-state index contributed by atoms with van der Waals surface area (Å²) in [5.41, 5.74) is 0. The molecule has 6 nitrogen and oxygen atoms in total. The van der Waals surface area contributed by atoms with E-state index in [1.165, 1.54) is 385 Å². The molecule has 0 aliphatic carbocycles. The summed E-state index contributed by atoms with van der Waals surface area (Å²) in [5.74, 6) is -0.0125. The molecule has 0 rings (SSSR count). The van der Waals surface area contributed by atoms with Crippen molar-refractivity contribution >= 4 is 11.9 Å². The van der Waals surface area contributed by atoms with E-state index < -0.39 is 12.1 Å². The monoisotopic (exact) mass is 1200 g/mol. The molecule has 0 bridgehead atoms. The number of ether oxygens (including phenoxy) is 1. The second-order valence-corrected chi connectivity index (χ2v) is 27.4. The number of esters is 1. The van der Waals surface area contributed by atoms with Gasteiger partial charge in [-0.2, -0.15) is 0 Å². The summed E-state index contributed by atoms with van der Waals surface area (Å²) in [6, 6.07) is -0.545. The van der Waals surface area contributed by atoms with Gasteiger partial charge in [0, 0.05) is 12.8 Å². The minimum absolute atomic E-state index is 0.0195. The summed E-state index contributed by atoms with van der Waals surface area (Å²) in [5, 5.41) is 23.5. The van der Waals surface area contributed by atoms with Crippen molar-refractivity contribution in [3.8, 4) is 0 Å². The maximum absolute atomic E-state index is 12.6. The van der Waals surface area contributed by atoms with Crippen molar-refractivity contribution in [3.05, 3.63) is 12.2 Å². The quantitative estimate of drug-likeness (QED) is 0.0320. The zero-order valence-electron chi connectivity index (χ0n) is 58.1. The number of amides is 1. The number of aliphatic hydroxyl groups is 2. The van der Waals surface area contributed by atoms with Gasteiger partial charge in [-0.05, 0) is 51.4 Å². The molecule has 0 spiro atoms. The molecular formula is C79H155NO5. The van der Waals surface area contributed by atoms with Crippen molar-refractivity contribution in [2.24, 2.45) is 0 Å². The molecule has 3 N–H and O–H groups in total. The van der Waals surface area contributed by atoms with Crippen LogP contribution in [0.4, 0.5) is 0 Å². The van der Waals surface area contributed by atoms with Gasteiger partial charge in [-0.25, -0.2) is 0 Å². The summed E-state index contributed by atoms with van der Waals surface area (Å²) < 4.78 is 5.51. The number of hydrogen-bond acceptors (Lipinski definition) is 5. The lowest BCUT2D eigenvalue weighted by Crippen LogP contribution is -2.45. The maximum Gasteiger partial charge on any atom is 0.305 e. The molecule has 0 saturated carbocycles. The Morgan fingerprint density at radius 1 is 0.318 bits per heavy atom. The third-order valence-corrected chi connectivity index (χ3v) is 18.8. The van der Waals surface area contributed by atoms with Crippen molar-refractivity contribution < 1.29 is 24.5 Å². The third kappa shape index (κ3) is 71.6. The summed E-state index contributed by atoms with van der Waals surface area (Å²) in [7, 11) is 0. The normalized spacial score (nSPS) is 12.5. The maximum atomic E-state index is 12.6. The molecule has 85 heavy (non-hydrogen) atoms. The molecule has 0 aliphatic rings. The van der Waals surface area contributed by atoms with Crippen LogP contribution in [-0.2, 0) is 14.3 Å². The van der Waals surface area contributed by atoms with Gasteiger partial charge in [0.15, 0.2) is 0 Å². The molecule has 0 aromatic carbocycles. The smallest absolute Gasteiger partial charge is 0.305 e. The largest absolute Gasteiger partial charge is 0.466 e. The van der Waals surface area contributed by atoms with Crippen LogP contribution in [-0.4, -0.2) is 47.4 Å². The van der Waals surface area contributed by atoms with Gasteiger partial charge in [0.25, 0.3) is 0 Å². The molecule has 0 aromatic rings. The zero-order valence-corrected chi connectivity index (χ0v) is 58.1. The molecule has 2 atom stereocenters. The van der Waals surface area contributed by atoms with Crippen molar-refractivity contribution in [1.29, 1.82) is 0 Å². The van der Waals surface area contributed by atoms with E-state index in [1.807, 2.05) is 0 Å². The highest BCUT2D eigenvalue weighted by Crippen LogP contribution is 2.20. The van der Waals surface area contributed by atoms with E-state index in [-0.39, 0.29) is 18.5 Å². The van der Waals surface area contributed by atoms with Crippen molar-refractivity contribution in [1.82, 2.24) is 5.32 Å². The Morgan fingerprint density at radius 3 is 0.835 bits per heavy atom. The first kappa shape index (κ1) is 83.6. The van der Waals surface area contributed by atoms with Gasteiger partial charge in [-0.1, -0.05) is 405 Å². The Hall–Kier alpha value is -1.40. The van der Waals surface area contributed by atoms with Crippen LogP contribution >= 0.6 is 0 Å². The highest BCUT2D eigenvalue weighted by Gasteiger charge is 2.20. The zero-order chi connectivity index (χ0) is 61.3. The minimum atomic E-state index is -0.668. The number of aliphatic hydroxyl groups excluding tert-OH is 2. The fraction of sp³-hybridized carbons (Fsp3) is 0.949. The SMILES string of the molecule is CCCCCCCCCCCCCCCCCCCCCCCCCCCC(O)C(CO)NC(=O)CCCCCCCCCCC/C=C\CCCCCCCCCCCCCCOC(=O)CCCCCCCCCCCCCCCCCCCC. The number of carbonyl (C=O) groups excluding carboxylic acids is 2. The van der Waals surface area contributed by atoms with Gasteiger partial charge in [-0.15, -0.1) is 0 Å². The van der Waals surface area contributed by atoms with Crippen LogP contribution in [0.3, 0.4) is 0 Å². The summed E-state index contributed by atoms with van der Waals surface area (Å²) in [6.07, 6.45) is 94.4. The first-order valence-corrected chi connectivity index (χ1v) is 39.4. The number of unbranched alkanes of at least 4 members (excludes halogenated alkanes) is 62. The van der Waals surface area contributed by atoms with E-state index in [0.29, 0.717) is 25.9 Å². The Labute approximate surface area is 533 Å². The first-order valence-electron chi connectivity index (χ1n) is 39.4. The lowest BCUT2D eigenvalue weighted by molar-refractivity contribution is -0.143. The van der Waals surface area contributed by atoms with E-state index >= 15 is 0 Å². The molecule has 506 valence electrons. The van der Waals surface area contributed by atoms with E-state index in [4.69, 9.17) is 4.74 Å². The average molecular weight is 1200 g/mol. The lowest BCUT2D eigenvalue weighted by atomic mass is 10.0. The van der Waals surface area contributed by atoms with Crippen LogP contribution in [0, 0.1) is 0 Å². The number of rotatable bonds is 75. The van der Waals surface area contributed by atoms with Crippen LogP contribution in [0.2, 0.25) is 0 Å². The van der Waals surface area contributed by atoms with Crippen LogP contribution in [0.5, 0.6) is 0 Å². The Kier molecular flexibility index (Phi) is 73.8. The lowest BCUT2D eigenvalue weighted by Gasteiger charge is -2.22. The molecule has 0 aliphatic heterocycles. The predicted molar refractivity (Wildman–Crippen MR) is 375 cm³/mol. The number of allylic oxidation sites excluding steroid dienone is 2. The van der Waals surface area contributed by atoms with Gasteiger partial charge in [0.05, 0.1) is 25.4 Å². The van der Waals surface area contributed by atoms with Gasteiger partial charge >= 0.3 is 5.97 Å². The van der Waals surface area contributed by atoms with Gasteiger partial charge in [-0.3, -0.25) is 9.59 Å². The molecule has 2 unspecified atom stereocenters. The van der Waals surface area contributed by atoms with Crippen LogP contribution in [0.15, 0.2) is 12.2 Å². The van der Waals surface area contributed by atoms with Crippen LogP contribution in [0.1, 0.15) is 457 Å². The molecule has 0 saturated heterocycles. The second kappa shape index (κ2) is 75.1. The van der Waals surface area contributed by atoms with E-state index in [2.05, 4.69) is 31.3 Å². The van der Waals surface area contributed by atoms with Gasteiger partial charge < -0.3 is 20.3 Å². The molecule has 0 radical (unpaired) electrons. The summed E-state index contributed by atoms with van der Waals surface area (Å²) in [4.78, 5) is 24.7. The Bertz CT molecular complexity index is 1290. The number of carbonyl (C=O) groups is 2. The molecule has 6 heteroatoms. The topological polar surface area (TPSA) is 95.9 Å². The molecule has 0 heterocycles. The van der Waals surface area contributed by atoms with E-state index in [9.17, 15) is 19.8 Å². The molecular weight excluding hydrogens is 1040 g/mol. The predicted octanol–water partition coefficient (Wildman–Crippen LogP) is 25.9. The number of nitrogens with one attached hydrogen (secondary N) is 1. The van der Waals surface area contributed by atoms with E-state index in [1.54, 1.807) is 0 Å². The standard InChI is InChI=1S/C79H155NO5/c1-3-5-7-9-11-13-15-17-19-21-23-24-25-27-30-33-36-39-43-47-51-55-59-63-67-71-77(82)76(75-81)80-78(83)72-68-64-60-56-52-48-44-40-37-34-31-28-26-29-32-35-38-42-46-50-54-58-62-66-70-74-85-79(84)73-69-65-61-57-53-49-45-41-22-20-18-16-14-12-10-8-6-4-2/h28,31,76-77,81-82H,3-27,29-30,32-75H2,1-2H3,(H,80,83)/b31-28-. The molecule has 0 fully saturated rings. The third-order valence-electron chi connectivity index (χ3n) is 18.8. The fourth-order valence-corrected chi connectivity index (χ4v) is 12.8. The number of hydrogen-bond donors (Lipinski definition) is 3. The van der Waals surface area contributed by atoms with Crippen molar-refractivity contribution in [2.45, 2.75) is 469 Å². The fourth-order valence-electron chi connectivity index (χ4n) is 12.8. The Morgan fingerprint density at radius 2 is 0.553 bits per heavy atom. The molecule has 0 aromatic heterocycles. The van der Waals surface area contributed by atoms with Crippen molar-refractivity contribution in [2.75, 3.05) is 13.2 Å². The second-order valence-electron chi connectivity index (χ2n) is 27.4. The van der Waals surface area contributed by atoms with Crippen LogP contribution in [0.25, 0.3) is 0 Å². The van der Waals surface area contributed by atoms with E-state index in [0.717, 1.165) is 38.5 Å². The van der Waals surface area contributed by atoms with Crippen molar-refractivity contribution in [3.63, 3.8) is 0 Å². The first-order chi connectivity index (χ1) is 42.0. The van der Waals surface area contributed by atoms with Gasteiger partial charge in [0.2, 0.25) is 5.91 Å². The minimum Gasteiger partial charge on any atom is -0.466 e. The molecule has 1 amide bonds. The van der Waals surface area contributed by atoms with Gasteiger partial charge in [0.1, 0.15) is 0 Å². The van der Waals surface area contributed by atoms with Crippen LogP contribution < -0.4 is 5.32 Å². The Balaban J connectivity index is 3.37. The average Bonchev–Trinajstić information content (AvgIpc) is 3.51. The summed E-state index contributed by atoms with van der Waals surface area (Å²) >= 11 is 0.